The van der Waals surface area contributed by atoms with Crippen molar-refractivity contribution in [3.8, 4) is 0 Å². The molecule has 5 heteroatoms. The van der Waals surface area contributed by atoms with Crippen molar-refractivity contribution in [2.24, 2.45) is 0 Å². The van der Waals surface area contributed by atoms with Crippen LogP contribution in [0.5, 0.6) is 0 Å². The summed E-state index contributed by atoms with van der Waals surface area (Å²) in [5, 5.41) is 0. The van der Waals surface area contributed by atoms with Crippen LogP contribution in [0.4, 0.5) is 0 Å². The summed E-state index contributed by atoms with van der Waals surface area (Å²) in [7, 11) is -3.73. The van der Waals surface area contributed by atoms with Gasteiger partial charge in [0.25, 0.3) is 10.1 Å². The first kappa shape index (κ1) is 19.8. The van der Waals surface area contributed by atoms with E-state index in [-0.39, 0.29) is 22.8 Å². The van der Waals surface area contributed by atoms with Gasteiger partial charge in [0.2, 0.25) is 0 Å². The zero-order valence-electron chi connectivity index (χ0n) is 10.8. The van der Waals surface area contributed by atoms with E-state index < -0.39 is 10.1 Å². The maximum Gasteiger partial charge on any atom is 0.264 e. The molecule has 0 aromatic rings. The van der Waals surface area contributed by atoms with Crippen LogP contribution in [-0.4, -0.2) is 18.7 Å². The molecule has 17 heavy (non-hydrogen) atoms. The molecule has 0 aliphatic heterocycles. The molecule has 0 aromatic heterocycles. The van der Waals surface area contributed by atoms with Gasteiger partial charge < -0.3 is 0 Å². The topological polar surface area (TPSA) is 54.4 Å². The zero-order valence-corrected chi connectivity index (χ0v) is 12.7. The molecular weight excluding hydrogens is 280 g/mol. The molecule has 0 aliphatic carbocycles. The predicted molar refractivity (Wildman–Crippen MR) is 68.3 cm³/mol. The Morgan fingerprint density at radius 2 is 1.12 bits per heavy atom. The average molecular weight is 306 g/mol. The Balaban J connectivity index is 0. The minimum Gasteiger partial charge on any atom is -0.286 e. The van der Waals surface area contributed by atoms with E-state index in [9.17, 15) is 8.42 Å². The number of hydrogen-bond acceptors (Lipinski definition) is 2. The molecule has 0 fully saturated rings. The van der Waals surface area contributed by atoms with Crippen LogP contribution < -0.4 is 0 Å². The van der Waals surface area contributed by atoms with Crippen LogP contribution in [0.2, 0.25) is 0 Å². The molecule has 0 rings (SSSR count). The summed E-state index contributed by atoms with van der Waals surface area (Å²) in [4.78, 5) is 0. The Bertz CT molecular complexity index is 240. The second-order valence-corrected chi connectivity index (χ2v) is 6.04. The summed E-state index contributed by atoms with van der Waals surface area (Å²) in [6, 6.07) is 0. The van der Waals surface area contributed by atoms with E-state index in [1.165, 1.54) is 44.9 Å². The van der Waals surface area contributed by atoms with Crippen LogP contribution in [0.3, 0.4) is 0 Å². The van der Waals surface area contributed by atoms with E-state index in [2.05, 4.69) is 6.92 Å². The van der Waals surface area contributed by atoms with Crippen LogP contribution in [0, 0.1) is 0 Å². The van der Waals surface area contributed by atoms with E-state index in [1.54, 1.807) is 0 Å². The largest absolute Gasteiger partial charge is 0.286 e. The fraction of sp³-hybridized carbons (Fsp3) is 1.00. The second-order valence-electron chi connectivity index (χ2n) is 4.47. The van der Waals surface area contributed by atoms with E-state index in [1.807, 2.05) is 0 Å². The Morgan fingerprint density at radius 3 is 1.47 bits per heavy atom. The predicted octanol–water partition coefficient (Wildman–Crippen LogP) is 3.79. The SMILES string of the molecule is CCCCCCCCCCCCS(=O)(=O)O.[Fe]. The third kappa shape index (κ3) is 19.0. The minimum absolute atomic E-state index is 0. The van der Waals surface area contributed by atoms with Crippen LogP contribution in [0.1, 0.15) is 71.1 Å². The van der Waals surface area contributed by atoms with Gasteiger partial charge in [-0.25, -0.2) is 0 Å². The van der Waals surface area contributed by atoms with Gasteiger partial charge in [-0.05, 0) is 6.42 Å². The van der Waals surface area contributed by atoms with Crippen molar-refractivity contribution in [2.75, 3.05) is 5.75 Å². The molecule has 0 atom stereocenters. The summed E-state index contributed by atoms with van der Waals surface area (Å²) < 4.78 is 29.4. The van der Waals surface area contributed by atoms with Gasteiger partial charge in [0.1, 0.15) is 0 Å². The zero-order chi connectivity index (χ0) is 12.3. The van der Waals surface area contributed by atoms with Gasteiger partial charge in [-0.2, -0.15) is 8.42 Å². The first-order valence-electron chi connectivity index (χ1n) is 6.51. The molecule has 106 valence electrons. The van der Waals surface area contributed by atoms with Crippen molar-refractivity contribution in [1.82, 2.24) is 0 Å². The number of hydrogen-bond donors (Lipinski definition) is 1. The van der Waals surface area contributed by atoms with Crippen molar-refractivity contribution in [1.29, 1.82) is 0 Å². The maximum absolute atomic E-state index is 10.4. The molecule has 1 N–H and O–H groups in total. The van der Waals surface area contributed by atoms with Gasteiger partial charge >= 0.3 is 0 Å². The molecule has 0 radical (unpaired) electrons. The Labute approximate surface area is 117 Å². The Morgan fingerprint density at radius 1 is 0.765 bits per heavy atom. The van der Waals surface area contributed by atoms with E-state index in [4.69, 9.17) is 4.55 Å². The molecule has 0 spiro atoms. The molecule has 0 unspecified atom stereocenters. The normalized spacial score (nSPS) is 11.2. The quantitative estimate of drug-likeness (QED) is 0.359. The van der Waals surface area contributed by atoms with Crippen molar-refractivity contribution in [3.63, 3.8) is 0 Å². The van der Waals surface area contributed by atoms with Gasteiger partial charge in [0, 0.05) is 17.1 Å². The van der Waals surface area contributed by atoms with Gasteiger partial charge in [0.15, 0.2) is 0 Å². The Kier molecular flexibility index (Phi) is 15.0. The molecule has 0 saturated heterocycles. The van der Waals surface area contributed by atoms with Crippen LogP contribution in [0.15, 0.2) is 0 Å². The second kappa shape index (κ2) is 12.9. The first-order chi connectivity index (χ1) is 7.56. The van der Waals surface area contributed by atoms with Gasteiger partial charge in [-0.3, -0.25) is 4.55 Å². The van der Waals surface area contributed by atoms with Gasteiger partial charge in [0.05, 0.1) is 5.75 Å². The van der Waals surface area contributed by atoms with Crippen molar-refractivity contribution >= 4 is 10.1 Å². The fourth-order valence-corrected chi connectivity index (χ4v) is 2.34. The van der Waals surface area contributed by atoms with Crippen LogP contribution in [0.25, 0.3) is 0 Å². The summed E-state index contributed by atoms with van der Waals surface area (Å²) in [6.45, 7) is 2.22. The van der Waals surface area contributed by atoms with Crippen molar-refractivity contribution in [3.05, 3.63) is 0 Å². The molecule has 0 saturated carbocycles. The summed E-state index contributed by atoms with van der Waals surface area (Å²) in [5.74, 6) is -0.0799. The maximum atomic E-state index is 10.4. The fourth-order valence-electron chi connectivity index (χ4n) is 1.77. The van der Waals surface area contributed by atoms with Crippen molar-refractivity contribution in [2.45, 2.75) is 71.1 Å². The molecule has 3 nitrogen and oxygen atoms in total. The molecule has 0 heterocycles. The number of rotatable bonds is 11. The summed E-state index contributed by atoms with van der Waals surface area (Å²) >= 11 is 0. The first-order valence-corrected chi connectivity index (χ1v) is 8.12. The van der Waals surface area contributed by atoms with Gasteiger partial charge in [-0.15, -0.1) is 0 Å². The van der Waals surface area contributed by atoms with Gasteiger partial charge in [-0.1, -0.05) is 64.7 Å². The number of unbranched alkanes of at least 4 members (excludes halogenated alkanes) is 9. The molecule has 0 aliphatic rings. The Hall–Kier alpha value is 0.429. The van der Waals surface area contributed by atoms with Crippen LogP contribution in [-0.2, 0) is 27.2 Å². The molecule has 0 aromatic carbocycles. The molecule has 0 amide bonds. The third-order valence-electron chi connectivity index (χ3n) is 2.76. The van der Waals surface area contributed by atoms with E-state index >= 15 is 0 Å². The molecule has 0 bridgehead atoms. The van der Waals surface area contributed by atoms with E-state index in [0.717, 1.165) is 12.8 Å². The summed E-state index contributed by atoms with van der Waals surface area (Å²) in [6.07, 6.45) is 11.7. The third-order valence-corrected chi connectivity index (χ3v) is 3.56. The van der Waals surface area contributed by atoms with Crippen LogP contribution >= 0.6 is 0 Å². The van der Waals surface area contributed by atoms with Crippen molar-refractivity contribution < 1.29 is 30.0 Å². The van der Waals surface area contributed by atoms with E-state index in [0.29, 0.717) is 6.42 Å². The monoisotopic (exact) mass is 306 g/mol. The standard InChI is InChI=1S/C12H26O3S.Fe/c1-2-3-4-5-6-7-8-9-10-11-12-16(13,14)15;/h2-12H2,1H3,(H,13,14,15);. The smallest absolute Gasteiger partial charge is 0.264 e. The average Bonchev–Trinajstić information content (AvgIpc) is 2.19. The minimum atomic E-state index is -3.73. The molecular formula is C12H26FeO3S. The summed E-state index contributed by atoms with van der Waals surface area (Å²) in [5.41, 5.74) is 0.